The summed E-state index contributed by atoms with van der Waals surface area (Å²) in [5.74, 6) is -0.579. The molecule has 112 valence electrons. The number of aromatic amines is 1. The van der Waals surface area contributed by atoms with Gasteiger partial charge in [-0.25, -0.2) is 22.9 Å². The second-order valence-corrected chi connectivity index (χ2v) is 6.01. The van der Waals surface area contributed by atoms with Gasteiger partial charge in [-0.3, -0.25) is 0 Å². The number of methoxy groups -OCH3 is 1. The van der Waals surface area contributed by atoms with Gasteiger partial charge in [0, 0.05) is 24.9 Å². The molecular formula is C13H15N3O4S. The van der Waals surface area contributed by atoms with E-state index >= 15 is 0 Å². The van der Waals surface area contributed by atoms with E-state index in [-0.39, 0.29) is 17.0 Å². The van der Waals surface area contributed by atoms with Gasteiger partial charge in [-0.15, -0.1) is 0 Å². The molecule has 8 heteroatoms. The number of nitrogens with zero attached hydrogens (tertiary/aromatic N) is 1. The molecule has 7 nitrogen and oxygen atoms in total. The maximum Gasteiger partial charge on any atom is 0.337 e. The molecule has 0 bridgehead atoms. The van der Waals surface area contributed by atoms with Crippen LogP contribution in [-0.4, -0.2) is 38.0 Å². The van der Waals surface area contributed by atoms with Crippen molar-refractivity contribution in [1.82, 2.24) is 14.7 Å². The molecule has 0 saturated carbocycles. The molecule has 0 spiro atoms. The van der Waals surface area contributed by atoms with Crippen LogP contribution in [0, 0.1) is 0 Å². The van der Waals surface area contributed by atoms with Crippen molar-refractivity contribution in [2.24, 2.45) is 0 Å². The Morgan fingerprint density at radius 1 is 1.43 bits per heavy atom. The van der Waals surface area contributed by atoms with E-state index in [1.165, 1.54) is 37.7 Å². The lowest BCUT2D eigenvalue weighted by molar-refractivity contribution is 0.0600. The first-order valence-electron chi connectivity index (χ1n) is 6.18. The number of hydrogen-bond acceptors (Lipinski definition) is 5. The molecule has 0 unspecified atom stereocenters. The van der Waals surface area contributed by atoms with Crippen molar-refractivity contribution in [2.75, 3.05) is 13.7 Å². The van der Waals surface area contributed by atoms with Gasteiger partial charge in [0.1, 0.15) is 0 Å². The molecule has 1 aromatic heterocycles. The summed E-state index contributed by atoms with van der Waals surface area (Å²) in [5.41, 5.74) is 1.02. The van der Waals surface area contributed by atoms with Crippen LogP contribution in [0.3, 0.4) is 0 Å². The predicted molar refractivity (Wildman–Crippen MR) is 75.3 cm³/mol. The molecule has 0 saturated heterocycles. The van der Waals surface area contributed by atoms with Gasteiger partial charge in [0.2, 0.25) is 10.0 Å². The third-order valence-electron chi connectivity index (χ3n) is 2.81. The minimum atomic E-state index is -3.67. The average molecular weight is 309 g/mol. The lowest BCUT2D eigenvalue weighted by atomic mass is 10.2. The zero-order chi connectivity index (χ0) is 15.3. The minimum absolute atomic E-state index is 0.0232. The third-order valence-corrected chi connectivity index (χ3v) is 4.27. The lowest BCUT2D eigenvalue weighted by Crippen LogP contribution is -2.26. The number of nitrogens with one attached hydrogen (secondary N) is 2. The van der Waals surface area contributed by atoms with Gasteiger partial charge in [0.05, 0.1) is 23.9 Å². The Kier molecular flexibility index (Phi) is 4.71. The molecule has 2 N–H and O–H groups in total. The van der Waals surface area contributed by atoms with Gasteiger partial charge in [-0.2, -0.15) is 0 Å². The fourth-order valence-electron chi connectivity index (χ4n) is 1.73. The third kappa shape index (κ3) is 3.89. The fraction of sp³-hybridized carbons (Fsp3) is 0.231. The molecule has 0 aliphatic rings. The van der Waals surface area contributed by atoms with E-state index in [1.54, 1.807) is 6.20 Å². The smallest absolute Gasteiger partial charge is 0.337 e. The first-order valence-corrected chi connectivity index (χ1v) is 7.66. The van der Waals surface area contributed by atoms with E-state index in [9.17, 15) is 13.2 Å². The van der Waals surface area contributed by atoms with E-state index in [2.05, 4.69) is 19.4 Å². The Morgan fingerprint density at radius 3 is 2.90 bits per heavy atom. The van der Waals surface area contributed by atoms with Crippen molar-refractivity contribution >= 4 is 16.0 Å². The van der Waals surface area contributed by atoms with Crippen molar-refractivity contribution in [1.29, 1.82) is 0 Å². The molecule has 21 heavy (non-hydrogen) atoms. The quantitative estimate of drug-likeness (QED) is 0.766. The highest BCUT2D eigenvalue weighted by molar-refractivity contribution is 7.89. The van der Waals surface area contributed by atoms with Crippen LogP contribution in [0.15, 0.2) is 41.7 Å². The number of imidazole rings is 1. The first kappa shape index (κ1) is 15.2. The van der Waals surface area contributed by atoms with Gasteiger partial charge in [0.15, 0.2) is 0 Å². The topological polar surface area (TPSA) is 101 Å². The minimum Gasteiger partial charge on any atom is -0.465 e. The molecule has 0 aliphatic heterocycles. The second kappa shape index (κ2) is 6.51. The number of carbonyl (C=O) groups excluding carboxylic acids is 1. The Hall–Kier alpha value is -2.19. The molecule has 2 aromatic rings. The maximum absolute atomic E-state index is 12.1. The molecule has 0 radical (unpaired) electrons. The number of sulfonamides is 1. The molecular weight excluding hydrogens is 294 g/mol. The van der Waals surface area contributed by atoms with Crippen LogP contribution >= 0.6 is 0 Å². The van der Waals surface area contributed by atoms with E-state index in [0.29, 0.717) is 6.42 Å². The van der Waals surface area contributed by atoms with Crippen LogP contribution in [0.1, 0.15) is 16.1 Å². The number of carbonyl (C=O) groups is 1. The zero-order valence-electron chi connectivity index (χ0n) is 11.4. The Balaban J connectivity index is 2.06. The molecule has 0 atom stereocenters. The maximum atomic E-state index is 12.1. The molecule has 0 fully saturated rings. The molecule has 2 rings (SSSR count). The fourth-order valence-corrected chi connectivity index (χ4v) is 2.81. The van der Waals surface area contributed by atoms with E-state index in [0.717, 1.165) is 5.69 Å². The van der Waals surface area contributed by atoms with Crippen molar-refractivity contribution in [3.63, 3.8) is 0 Å². The molecule has 0 amide bonds. The van der Waals surface area contributed by atoms with E-state index < -0.39 is 16.0 Å². The van der Waals surface area contributed by atoms with Gasteiger partial charge in [-0.1, -0.05) is 6.07 Å². The van der Waals surface area contributed by atoms with Gasteiger partial charge < -0.3 is 9.72 Å². The lowest BCUT2D eigenvalue weighted by Gasteiger charge is -2.07. The normalized spacial score (nSPS) is 11.3. The monoisotopic (exact) mass is 309 g/mol. The number of ether oxygens (including phenoxy) is 1. The summed E-state index contributed by atoms with van der Waals surface area (Å²) in [7, 11) is -2.43. The summed E-state index contributed by atoms with van der Waals surface area (Å²) in [6.45, 7) is 0.229. The van der Waals surface area contributed by atoms with Crippen LogP contribution in [0.25, 0.3) is 0 Å². The summed E-state index contributed by atoms with van der Waals surface area (Å²) in [6, 6.07) is 5.69. The average Bonchev–Trinajstić information content (AvgIpc) is 2.99. The number of H-pyrrole nitrogens is 1. The van der Waals surface area contributed by atoms with Crippen LogP contribution in [0.2, 0.25) is 0 Å². The highest BCUT2D eigenvalue weighted by atomic mass is 32.2. The molecule has 1 heterocycles. The SMILES string of the molecule is COC(=O)c1cccc(S(=O)(=O)NCCc2cnc[nH]2)c1. The van der Waals surface area contributed by atoms with Crippen LogP contribution in [0.4, 0.5) is 0 Å². The highest BCUT2D eigenvalue weighted by Crippen LogP contribution is 2.12. The van der Waals surface area contributed by atoms with Crippen LogP contribution < -0.4 is 4.72 Å². The Morgan fingerprint density at radius 2 is 2.24 bits per heavy atom. The van der Waals surface area contributed by atoms with Crippen LogP contribution in [-0.2, 0) is 21.2 Å². The van der Waals surface area contributed by atoms with Gasteiger partial charge in [0.25, 0.3) is 0 Å². The van der Waals surface area contributed by atoms with Crippen molar-refractivity contribution < 1.29 is 17.9 Å². The summed E-state index contributed by atoms with van der Waals surface area (Å²) >= 11 is 0. The van der Waals surface area contributed by atoms with Crippen molar-refractivity contribution in [3.8, 4) is 0 Å². The van der Waals surface area contributed by atoms with E-state index in [1.807, 2.05) is 0 Å². The standard InChI is InChI=1S/C13H15N3O4S/c1-20-13(17)10-3-2-4-12(7-10)21(18,19)16-6-5-11-8-14-9-15-11/h2-4,7-9,16H,5-6H2,1H3,(H,14,15). The number of esters is 1. The number of hydrogen-bond donors (Lipinski definition) is 2. The van der Waals surface area contributed by atoms with Gasteiger partial charge >= 0.3 is 5.97 Å². The molecule has 0 aliphatic carbocycles. The zero-order valence-corrected chi connectivity index (χ0v) is 12.2. The Bertz CT molecular complexity index is 711. The number of aromatic nitrogens is 2. The largest absolute Gasteiger partial charge is 0.465 e. The number of benzene rings is 1. The van der Waals surface area contributed by atoms with Crippen LogP contribution in [0.5, 0.6) is 0 Å². The number of rotatable bonds is 6. The summed E-state index contributed by atoms with van der Waals surface area (Å²) < 4.78 is 31.3. The summed E-state index contributed by atoms with van der Waals surface area (Å²) in [5, 5.41) is 0. The highest BCUT2D eigenvalue weighted by Gasteiger charge is 2.16. The van der Waals surface area contributed by atoms with Crippen molar-refractivity contribution in [2.45, 2.75) is 11.3 Å². The summed E-state index contributed by atoms with van der Waals surface area (Å²) in [4.78, 5) is 18.2. The van der Waals surface area contributed by atoms with E-state index in [4.69, 9.17) is 0 Å². The summed E-state index contributed by atoms with van der Waals surface area (Å²) in [6.07, 6.45) is 3.66. The van der Waals surface area contributed by atoms with Crippen molar-refractivity contribution in [3.05, 3.63) is 48.0 Å². The first-order chi connectivity index (χ1) is 10.0. The molecule has 1 aromatic carbocycles. The second-order valence-electron chi connectivity index (χ2n) is 4.24. The Labute approximate surface area is 122 Å². The van der Waals surface area contributed by atoms with Gasteiger partial charge in [-0.05, 0) is 18.2 Å². The predicted octanol–water partition coefficient (Wildman–Crippen LogP) is 0.717.